The van der Waals surface area contributed by atoms with Gasteiger partial charge in [-0.15, -0.1) is 0 Å². The maximum atomic E-state index is 12.4. The van der Waals surface area contributed by atoms with Crippen molar-refractivity contribution in [3.8, 4) is 23.3 Å². The Kier molecular flexibility index (Phi) is 9.05. The van der Waals surface area contributed by atoms with Gasteiger partial charge in [-0.3, -0.25) is 4.79 Å². The Morgan fingerprint density at radius 3 is 2.45 bits per heavy atom. The van der Waals surface area contributed by atoms with Crippen LogP contribution in [0.2, 0.25) is 0 Å². The zero-order valence-electron chi connectivity index (χ0n) is 19.7. The molecule has 0 saturated heterocycles. The van der Waals surface area contributed by atoms with Crippen LogP contribution in [0.3, 0.4) is 0 Å². The van der Waals surface area contributed by atoms with Gasteiger partial charge in [0.05, 0.1) is 7.11 Å². The van der Waals surface area contributed by atoms with Crippen molar-refractivity contribution in [2.24, 2.45) is 0 Å². The van der Waals surface area contributed by atoms with Crippen molar-refractivity contribution in [3.05, 3.63) is 59.2 Å². The van der Waals surface area contributed by atoms with Crippen molar-refractivity contribution in [1.29, 1.82) is 5.26 Å². The Bertz CT molecular complexity index is 1060. The maximum Gasteiger partial charge on any atom is 0.349 e. The van der Waals surface area contributed by atoms with E-state index in [1.807, 2.05) is 37.3 Å². The molecular formula is C26H30N2O5. The Morgan fingerprint density at radius 2 is 1.82 bits per heavy atom. The number of para-hydroxylation sites is 1. The molecule has 0 fully saturated rings. The minimum atomic E-state index is -0.586. The topological polar surface area (TPSA) is 97.7 Å². The third kappa shape index (κ3) is 7.39. The molecule has 0 aliphatic carbocycles. The molecule has 2 aromatic carbocycles. The van der Waals surface area contributed by atoms with Gasteiger partial charge in [0.2, 0.25) is 0 Å². The fraction of sp³-hybridized carbons (Fsp3) is 0.346. The Labute approximate surface area is 195 Å². The molecule has 1 amide bonds. The van der Waals surface area contributed by atoms with Crippen molar-refractivity contribution in [2.45, 2.75) is 39.5 Å². The summed E-state index contributed by atoms with van der Waals surface area (Å²) in [6.45, 7) is 8.35. The third-order valence-corrected chi connectivity index (χ3v) is 4.66. The number of hydrogen-bond donors (Lipinski definition) is 1. The normalized spacial score (nSPS) is 11.3. The smallest absolute Gasteiger partial charge is 0.349 e. The van der Waals surface area contributed by atoms with Gasteiger partial charge >= 0.3 is 5.97 Å². The molecule has 33 heavy (non-hydrogen) atoms. The van der Waals surface area contributed by atoms with Gasteiger partial charge in [0.25, 0.3) is 5.91 Å². The Balaban J connectivity index is 2.11. The molecule has 0 aliphatic heterocycles. The van der Waals surface area contributed by atoms with E-state index in [4.69, 9.17) is 14.2 Å². The first-order chi connectivity index (χ1) is 15.7. The molecule has 0 atom stereocenters. The predicted octanol–water partition coefficient (Wildman–Crippen LogP) is 4.41. The summed E-state index contributed by atoms with van der Waals surface area (Å²) in [4.78, 5) is 24.5. The van der Waals surface area contributed by atoms with Gasteiger partial charge in [0.15, 0.2) is 18.1 Å². The lowest BCUT2D eigenvalue weighted by atomic mass is 9.86. The largest absolute Gasteiger partial charge is 0.493 e. The molecule has 0 bridgehead atoms. The lowest BCUT2D eigenvalue weighted by Gasteiger charge is -2.22. The van der Waals surface area contributed by atoms with Gasteiger partial charge in [-0.2, -0.15) is 5.26 Å². The molecule has 0 saturated carbocycles. The second kappa shape index (κ2) is 11.7. The number of ether oxygens (including phenoxy) is 3. The number of amides is 1. The molecule has 0 heterocycles. The van der Waals surface area contributed by atoms with Crippen molar-refractivity contribution in [2.75, 3.05) is 20.3 Å². The van der Waals surface area contributed by atoms with Crippen LogP contribution in [0.1, 0.15) is 45.2 Å². The molecule has 0 aromatic heterocycles. The van der Waals surface area contributed by atoms with Gasteiger partial charge in [-0.1, -0.05) is 52.0 Å². The van der Waals surface area contributed by atoms with E-state index in [0.29, 0.717) is 23.6 Å². The SMILES string of the molecule is CCCNC(=O)/C(C#N)=C/c1ccc(OC(=O)COc2ccccc2C(C)(C)C)c(OC)c1. The summed E-state index contributed by atoms with van der Waals surface area (Å²) >= 11 is 0. The number of esters is 1. The highest BCUT2D eigenvalue weighted by atomic mass is 16.6. The number of carbonyl (C=O) groups is 2. The molecule has 7 heteroatoms. The van der Waals surface area contributed by atoms with E-state index in [1.165, 1.54) is 13.2 Å². The highest BCUT2D eigenvalue weighted by Crippen LogP contribution is 2.32. The fourth-order valence-corrected chi connectivity index (χ4v) is 3.01. The molecule has 0 radical (unpaired) electrons. The monoisotopic (exact) mass is 450 g/mol. The van der Waals surface area contributed by atoms with Gasteiger partial charge in [-0.25, -0.2) is 4.79 Å². The van der Waals surface area contributed by atoms with E-state index in [9.17, 15) is 14.9 Å². The van der Waals surface area contributed by atoms with Crippen LogP contribution in [0.4, 0.5) is 0 Å². The molecule has 2 rings (SSSR count). The van der Waals surface area contributed by atoms with Crippen LogP contribution < -0.4 is 19.5 Å². The zero-order chi connectivity index (χ0) is 24.4. The van der Waals surface area contributed by atoms with Crippen molar-refractivity contribution in [3.63, 3.8) is 0 Å². The standard InChI is InChI=1S/C26H30N2O5/c1-6-13-28-25(30)19(16-27)14-18-11-12-22(23(15-18)31-5)33-24(29)17-32-21-10-8-7-9-20(21)26(2,3)4/h7-12,14-15H,6,13,17H2,1-5H3,(H,28,30)/b19-14+. The lowest BCUT2D eigenvalue weighted by Crippen LogP contribution is -2.25. The van der Waals surface area contributed by atoms with Crippen molar-refractivity contribution >= 4 is 18.0 Å². The van der Waals surface area contributed by atoms with Crippen LogP contribution in [0.15, 0.2) is 48.0 Å². The molecule has 0 unspecified atom stereocenters. The predicted molar refractivity (Wildman–Crippen MR) is 126 cm³/mol. The zero-order valence-corrected chi connectivity index (χ0v) is 19.7. The first-order valence-corrected chi connectivity index (χ1v) is 10.7. The first-order valence-electron chi connectivity index (χ1n) is 10.7. The summed E-state index contributed by atoms with van der Waals surface area (Å²) in [5, 5.41) is 12.0. The quantitative estimate of drug-likeness (QED) is 0.263. The summed E-state index contributed by atoms with van der Waals surface area (Å²) in [5.41, 5.74) is 1.39. The summed E-state index contributed by atoms with van der Waals surface area (Å²) in [7, 11) is 1.44. The molecule has 1 N–H and O–H groups in total. The summed E-state index contributed by atoms with van der Waals surface area (Å²) in [6.07, 6.45) is 2.22. The number of nitriles is 1. The average molecular weight is 451 g/mol. The van der Waals surface area contributed by atoms with E-state index in [-0.39, 0.29) is 23.3 Å². The van der Waals surface area contributed by atoms with E-state index in [1.54, 1.807) is 18.2 Å². The number of hydrogen-bond acceptors (Lipinski definition) is 6. The van der Waals surface area contributed by atoms with Crippen LogP contribution in [0.25, 0.3) is 6.08 Å². The summed E-state index contributed by atoms with van der Waals surface area (Å²) in [6, 6.07) is 14.2. The minimum absolute atomic E-state index is 0.0267. The summed E-state index contributed by atoms with van der Waals surface area (Å²) < 4.78 is 16.5. The van der Waals surface area contributed by atoms with Crippen LogP contribution in [0, 0.1) is 11.3 Å². The molecule has 0 aliphatic rings. The number of benzene rings is 2. The number of carbonyl (C=O) groups excluding carboxylic acids is 2. The van der Waals surface area contributed by atoms with E-state index >= 15 is 0 Å². The molecule has 174 valence electrons. The molecule has 7 nitrogen and oxygen atoms in total. The number of nitrogens with zero attached hydrogens (tertiary/aromatic N) is 1. The lowest BCUT2D eigenvalue weighted by molar-refractivity contribution is -0.136. The van der Waals surface area contributed by atoms with Crippen LogP contribution in [-0.2, 0) is 15.0 Å². The minimum Gasteiger partial charge on any atom is -0.493 e. The maximum absolute atomic E-state index is 12.4. The summed E-state index contributed by atoms with van der Waals surface area (Å²) in [5.74, 6) is 0.0954. The van der Waals surface area contributed by atoms with Crippen LogP contribution >= 0.6 is 0 Å². The van der Waals surface area contributed by atoms with Gasteiger partial charge in [-0.05, 0) is 47.2 Å². The van der Waals surface area contributed by atoms with Crippen molar-refractivity contribution in [1.82, 2.24) is 5.32 Å². The average Bonchev–Trinajstić information content (AvgIpc) is 2.79. The second-order valence-electron chi connectivity index (χ2n) is 8.34. The van der Waals surface area contributed by atoms with Gasteiger partial charge < -0.3 is 19.5 Å². The Morgan fingerprint density at radius 1 is 1.09 bits per heavy atom. The Hall–Kier alpha value is -3.79. The van der Waals surface area contributed by atoms with E-state index in [2.05, 4.69) is 26.1 Å². The van der Waals surface area contributed by atoms with E-state index < -0.39 is 11.9 Å². The number of nitrogens with one attached hydrogen (secondary N) is 1. The fourth-order valence-electron chi connectivity index (χ4n) is 3.01. The highest BCUT2D eigenvalue weighted by Gasteiger charge is 2.19. The second-order valence-corrected chi connectivity index (χ2v) is 8.34. The number of rotatable bonds is 9. The van der Waals surface area contributed by atoms with Gasteiger partial charge in [0, 0.05) is 6.54 Å². The number of methoxy groups -OCH3 is 1. The highest BCUT2D eigenvalue weighted by molar-refractivity contribution is 6.01. The van der Waals surface area contributed by atoms with Crippen LogP contribution in [0.5, 0.6) is 17.2 Å². The van der Waals surface area contributed by atoms with Gasteiger partial charge in [0.1, 0.15) is 17.4 Å². The molecule has 0 spiro atoms. The van der Waals surface area contributed by atoms with Crippen LogP contribution in [-0.4, -0.2) is 32.1 Å². The third-order valence-electron chi connectivity index (χ3n) is 4.66. The molecular weight excluding hydrogens is 420 g/mol. The van der Waals surface area contributed by atoms with Crippen molar-refractivity contribution < 1.29 is 23.8 Å². The molecule has 2 aromatic rings. The van der Waals surface area contributed by atoms with E-state index in [0.717, 1.165) is 12.0 Å². The first kappa shape index (κ1) is 25.5.